The first-order chi connectivity index (χ1) is 8.58. The number of esters is 1. The van der Waals surface area contributed by atoms with Crippen LogP contribution in [0.3, 0.4) is 0 Å². The van der Waals surface area contributed by atoms with Crippen molar-refractivity contribution in [2.45, 2.75) is 25.8 Å². The van der Waals surface area contributed by atoms with Crippen molar-refractivity contribution in [2.24, 2.45) is 0 Å². The fourth-order valence-electron chi connectivity index (χ4n) is 1.71. The van der Waals surface area contributed by atoms with Crippen LogP contribution in [0.5, 0.6) is 0 Å². The van der Waals surface area contributed by atoms with Crippen LogP contribution in [0, 0.1) is 0 Å². The summed E-state index contributed by atoms with van der Waals surface area (Å²) in [6.45, 7) is 2.62. The van der Waals surface area contributed by atoms with Crippen molar-refractivity contribution in [3.05, 3.63) is 33.8 Å². The summed E-state index contributed by atoms with van der Waals surface area (Å²) in [5, 5.41) is 4.54. The first-order valence-corrected chi connectivity index (χ1v) is 6.59. The van der Waals surface area contributed by atoms with Crippen LogP contribution in [-0.4, -0.2) is 19.6 Å². The maximum Gasteiger partial charge on any atom is 0.306 e. The van der Waals surface area contributed by atoms with Crippen molar-refractivity contribution in [1.82, 2.24) is 5.32 Å². The van der Waals surface area contributed by atoms with E-state index in [4.69, 9.17) is 23.2 Å². The Morgan fingerprint density at radius 1 is 1.44 bits per heavy atom. The normalized spacial score (nSPS) is 12.2. The third-order valence-electron chi connectivity index (χ3n) is 2.69. The Balaban J connectivity index is 2.62. The van der Waals surface area contributed by atoms with Gasteiger partial charge in [-0.3, -0.25) is 4.79 Å². The van der Waals surface area contributed by atoms with Gasteiger partial charge in [0.15, 0.2) is 0 Å². The molecule has 0 saturated carbocycles. The topological polar surface area (TPSA) is 38.3 Å². The molecular weight excluding hydrogens is 273 g/mol. The Bertz CT molecular complexity index is 410. The smallest absolute Gasteiger partial charge is 0.306 e. The fourth-order valence-corrected chi connectivity index (χ4v) is 2.25. The van der Waals surface area contributed by atoms with Crippen LogP contribution in [0.4, 0.5) is 0 Å². The molecule has 1 rings (SSSR count). The molecule has 100 valence electrons. The van der Waals surface area contributed by atoms with Gasteiger partial charge in [-0.15, -0.1) is 0 Å². The molecule has 0 spiro atoms. The molecular formula is C13H17Cl2NO2. The zero-order valence-electron chi connectivity index (χ0n) is 10.5. The highest BCUT2D eigenvalue weighted by molar-refractivity contribution is 6.35. The quantitative estimate of drug-likeness (QED) is 0.814. The van der Waals surface area contributed by atoms with E-state index in [0.29, 0.717) is 23.0 Å². The first-order valence-electron chi connectivity index (χ1n) is 5.83. The Kier molecular flexibility index (Phi) is 6.47. The number of ether oxygens (including phenoxy) is 1. The van der Waals surface area contributed by atoms with Gasteiger partial charge in [0, 0.05) is 22.6 Å². The van der Waals surface area contributed by atoms with Crippen LogP contribution in [0.15, 0.2) is 18.2 Å². The predicted octanol–water partition coefficient (Wildman–Crippen LogP) is 3.60. The minimum atomic E-state index is -0.223. The van der Waals surface area contributed by atoms with Crippen LogP contribution in [0.2, 0.25) is 10.0 Å². The Labute approximate surface area is 117 Å². The van der Waals surface area contributed by atoms with E-state index in [1.54, 1.807) is 6.07 Å². The van der Waals surface area contributed by atoms with E-state index in [0.717, 1.165) is 12.0 Å². The van der Waals surface area contributed by atoms with E-state index >= 15 is 0 Å². The molecule has 1 unspecified atom stereocenters. The second-order valence-corrected chi connectivity index (χ2v) is 4.75. The van der Waals surface area contributed by atoms with Gasteiger partial charge in [0.25, 0.3) is 0 Å². The largest absolute Gasteiger partial charge is 0.469 e. The molecule has 0 heterocycles. The third kappa shape index (κ3) is 4.48. The van der Waals surface area contributed by atoms with E-state index in [9.17, 15) is 4.79 Å². The van der Waals surface area contributed by atoms with Gasteiger partial charge in [0.2, 0.25) is 0 Å². The molecule has 0 amide bonds. The van der Waals surface area contributed by atoms with Gasteiger partial charge in [-0.05, 0) is 24.1 Å². The highest BCUT2D eigenvalue weighted by atomic mass is 35.5. The van der Waals surface area contributed by atoms with Gasteiger partial charge in [0.1, 0.15) is 0 Å². The number of carbonyl (C=O) groups excluding carboxylic acids is 1. The van der Waals surface area contributed by atoms with Crippen molar-refractivity contribution in [3.63, 3.8) is 0 Å². The molecule has 5 heteroatoms. The molecule has 1 aromatic carbocycles. The lowest BCUT2D eigenvalue weighted by Crippen LogP contribution is -2.24. The van der Waals surface area contributed by atoms with Gasteiger partial charge in [0.05, 0.1) is 13.5 Å². The fraction of sp³-hybridized carbons (Fsp3) is 0.462. The molecule has 3 nitrogen and oxygen atoms in total. The van der Waals surface area contributed by atoms with Gasteiger partial charge in [-0.2, -0.15) is 0 Å². The summed E-state index contributed by atoms with van der Waals surface area (Å²) in [5.74, 6) is -0.223. The van der Waals surface area contributed by atoms with Crippen molar-refractivity contribution < 1.29 is 9.53 Å². The van der Waals surface area contributed by atoms with Crippen molar-refractivity contribution >= 4 is 29.2 Å². The summed E-state index contributed by atoms with van der Waals surface area (Å²) in [4.78, 5) is 11.0. The second kappa shape index (κ2) is 7.62. The number of hydrogen-bond acceptors (Lipinski definition) is 3. The molecule has 0 aromatic heterocycles. The average molecular weight is 290 g/mol. The van der Waals surface area contributed by atoms with E-state index in [-0.39, 0.29) is 12.0 Å². The molecule has 1 atom stereocenters. The summed E-state index contributed by atoms with van der Waals surface area (Å²) in [6, 6.07) is 5.56. The lowest BCUT2D eigenvalue weighted by Gasteiger charge is -2.18. The summed E-state index contributed by atoms with van der Waals surface area (Å²) in [5.41, 5.74) is 0.994. The minimum absolute atomic E-state index is 0.111. The maximum atomic E-state index is 11.0. The minimum Gasteiger partial charge on any atom is -0.469 e. The van der Waals surface area contributed by atoms with E-state index in [1.165, 1.54) is 7.11 Å². The average Bonchev–Trinajstić information content (AvgIpc) is 2.35. The summed E-state index contributed by atoms with van der Waals surface area (Å²) in [7, 11) is 1.38. The Morgan fingerprint density at radius 2 is 2.17 bits per heavy atom. The Morgan fingerprint density at radius 3 is 2.72 bits per heavy atom. The third-order valence-corrected chi connectivity index (χ3v) is 3.26. The zero-order valence-corrected chi connectivity index (χ0v) is 12.0. The molecule has 0 aliphatic carbocycles. The van der Waals surface area contributed by atoms with Crippen LogP contribution in [-0.2, 0) is 9.53 Å². The Hall–Kier alpha value is -0.770. The van der Waals surface area contributed by atoms with Crippen LogP contribution in [0.1, 0.15) is 31.4 Å². The van der Waals surface area contributed by atoms with E-state index < -0.39 is 0 Å². The zero-order chi connectivity index (χ0) is 13.5. The molecule has 1 aromatic rings. The molecule has 0 fully saturated rings. The van der Waals surface area contributed by atoms with Gasteiger partial charge >= 0.3 is 5.97 Å². The van der Waals surface area contributed by atoms with Crippen molar-refractivity contribution in [3.8, 4) is 0 Å². The molecule has 0 bridgehead atoms. The molecule has 1 N–H and O–H groups in total. The summed E-state index contributed by atoms with van der Waals surface area (Å²) in [6.07, 6.45) is 1.22. The molecule has 0 aliphatic rings. The predicted molar refractivity (Wildman–Crippen MR) is 74.1 cm³/mol. The number of nitrogens with one attached hydrogen (secondary N) is 1. The number of carbonyl (C=O) groups is 1. The number of rotatable bonds is 6. The second-order valence-electron chi connectivity index (χ2n) is 3.91. The van der Waals surface area contributed by atoms with E-state index in [2.05, 4.69) is 17.0 Å². The lowest BCUT2D eigenvalue weighted by molar-refractivity contribution is -0.140. The molecule has 18 heavy (non-hydrogen) atoms. The van der Waals surface area contributed by atoms with Gasteiger partial charge in [-0.1, -0.05) is 36.2 Å². The number of halogens is 2. The van der Waals surface area contributed by atoms with E-state index in [1.807, 2.05) is 12.1 Å². The standard InChI is InChI=1S/C13H17Cl2NO2/c1-3-12(16-7-6-13(17)18-2)10-5-4-9(14)8-11(10)15/h4-5,8,12,16H,3,6-7H2,1-2H3. The maximum absolute atomic E-state index is 11.0. The number of hydrogen-bond donors (Lipinski definition) is 1. The SMILES string of the molecule is CCC(NCCC(=O)OC)c1ccc(Cl)cc1Cl. The molecule has 0 radical (unpaired) electrons. The van der Waals surface area contributed by atoms with Crippen LogP contribution >= 0.6 is 23.2 Å². The number of benzene rings is 1. The summed E-state index contributed by atoms with van der Waals surface area (Å²) < 4.78 is 4.59. The lowest BCUT2D eigenvalue weighted by atomic mass is 10.0. The van der Waals surface area contributed by atoms with Crippen molar-refractivity contribution in [1.29, 1.82) is 0 Å². The van der Waals surface area contributed by atoms with Gasteiger partial charge in [-0.25, -0.2) is 0 Å². The molecule has 0 aliphatic heterocycles. The van der Waals surface area contributed by atoms with Crippen molar-refractivity contribution in [2.75, 3.05) is 13.7 Å². The van der Waals surface area contributed by atoms with Crippen LogP contribution < -0.4 is 5.32 Å². The molecule has 0 saturated heterocycles. The summed E-state index contributed by atoms with van der Waals surface area (Å²) >= 11 is 12.0. The monoisotopic (exact) mass is 289 g/mol. The highest BCUT2D eigenvalue weighted by Crippen LogP contribution is 2.27. The number of methoxy groups -OCH3 is 1. The highest BCUT2D eigenvalue weighted by Gasteiger charge is 2.13. The van der Waals surface area contributed by atoms with Crippen LogP contribution in [0.25, 0.3) is 0 Å². The first kappa shape index (κ1) is 15.3. The van der Waals surface area contributed by atoms with Gasteiger partial charge < -0.3 is 10.1 Å².